The summed E-state index contributed by atoms with van der Waals surface area (Å²) in [6, 6.07) is 8.44. The van der Waals surface area contributed by atoms with Crippen molar-refractivity contribution in [3.8, 4) is 11.1 Å². The molecule has 126 valence electrons. The first-order valence-corrected chi connectivity index (χ1v) is 8.66. The zero-order valence-corrected chi connectivity index (χ0v) is 15.5. The average molecular weight is 336 g/mol. The minimum atomic E-state index is -0.238. The molecule has 1 atom stereocenters. The van der Waals surface area contributed by atoms with Crippen molar-refractivity contribution in [2.75, 3.05) is 0 Å². The van der Waals surface area contributed by atoms with Gasteiger partial charge in [-0.25, -0.2) is 4.39 Å². The Morgan fingerprint density at radius 3 is 2.39 bits per heavy atom. The van der Waals surface area contributed by atoms with Crippen LogP contribution in [0.25, 0.3) is 11.1 Å². The second kappa shape index (κ2) is 9.05. The molecular weight excluding hydrogens is 309 g/mol. The molecule has 0 saturated heterocycles. The lowest BCUT2D eigenvalue weighted by Gasteiger charge is -2.21. The Morgan fingerprint density at radius 1 is 1.22 bits per heavy atom. The minimum Gasteiger partial charge on any atom is -0.324 e. The summed E-state index contributed by atoms with van der Waals surface area (Å²) >= 11 is 6.36. The summed E-state index contributed by atoms with van der Waals surface area (Å²) in [5.41, 5.74) is 11.2. The van der Waals surface area contributed by atoms with Crippen LogP contribution < -0.4 is 5.73 Å². The van der Waals surface area contributed by atoms with E-state index in [-0.39, 0.29) is 11.9 Å². The molecule has 0 aliphatic carbocycles. The van der Waals surface area contributed by atoms with Gasteiger partial charge >= 0.3 is 0 Å². The fourth-order valence-electron chi connectivity index (χ4n) is 2.73. The highest BCUT2D eigenvalue weighted by molar-refractivity contribution is 6.31. The van der Waals surface area contributed by atoms with Crippen LogP contribution in [0.1, 0.15) is 56.8 Å². The van der Waals surface area contributed by atoms with Gasteiger partial charge in [0.05, 0.1) is 0 Å². The molecule has 2 N–H and O–H groups in total. The molecule has 0 fully saturated rings. The highest BCUT2D eigenvalue weighted by Gasteiger charge is 2.18. The maximum Gasteiger partial charge on any atom is 0.123 e. The van der Waals surface area contributed by atoms with Gasteiger partial charge in [-0.1, -0.05) is 50.9 Å². The van der Waals surface area contributed by atoms with E-state index in [1.807, 2.05) is 39.8 Å². The number of nitrogens with two attached hydrogens (primary N) is 1. The lowest BCUT2D eigenvalue weighted by Crippen LogP contribution is -2.10. The van der Waals surface area contributed by atoms with Crippen LogP contribution in [0, 0.1) is 12.7 Å². The minimum absolute atomic E-state index is 0.156. The molecule has 0 bridgehead atoms. The van der Waals surface area contributed by atoms with Crippen LogP contribution in [0.4, 0.5) is 4.39 Å². The van der Waals surface area contributed by atoms with E-state index in [4.69, 9.17) is 17.3 Å². The molecule has 2 aromatic rings. The summed E-state index contributed by atoms with van der Waals surface area (Å²) in [7, 11) is 0. The van der Waals surface area contributed by atoms with Crippen molar-refractivity contribution in [3.63, 3.8) is 0 Å². The fraction of sp³-hybridized carbons (Fsp3) is 0.400. The molecule has 0 saturated carbocycles. The van der Waals surface area contributed by atoms with Crippen LogP contribution in [0.3, 0.4) is 0 Å². The van der Waals surface area contributed by atoms with E-state index in [2.05, 4.69) is 6.92 Å². The van der Waals surface area contributed by atoms with E-state index in [1.165, 1.54) is 11.6 Å². The third-order valence-corrected chi connectivity index (χ3v) is 4.18. The number of benzene rings is 2. The molecule has 0 amide bonds. The highest BCUT2D eigenvalue weighted by atomic mass is 35.5. The predicted octanol–water partition coefficient (Wildman–Crippen LogP) is 6.45. The average Bonchev–Trinajstić information content (AvgIpc) is 2.53. The first-order chi connectivity index (χ1) is 11.0. The maximum atomic E-state index is 13.6. The predicted molar refractivity (Wildman–Crippen MR) is 99.5 cm³/mol. The molecule has 3 heteroatoms. The summed E-state index contributed by atoms with van der Waals surface area (Å²) in [5.74, 6) is -0.238. The SMILES string of the molecule is CC.CCCc1c(C)c(Cl)cc(C(C)N)c1-c1cccc(F)c1. The lowest BCUT2D eigenvalue weighted by atomic mass is 9.87. The quantitative estimate of drug-likeness (QED) is 0.682. The van der Waals surface area contributed by atoms with Gasteiger partial charge in [-0.05, 0) is 66.3 Å². The molecule has 0 heterocycles. The standard InChI is InChI=1S/C18H21ClFN.C2H6/c1-4-6-15-11(2)17(19)10-16(12(3)21)18(15)13-7-5-8-14(20)9-13;1-2/h5,7-10,12H,4,6,21H2,1-3H3;1-2H3. The van der Waals surface area contributed by atoms with Crippen LogP contribution in [-0.2, 0) is 6.42 Å². The molecule has 1 unspecified atom stereocenters. The van der Waals surface area contributed by atoms with E-state index >= 15 is 0 Å². The second-order valence-electron chi connectivity index (χ2n) is 5.48. The lowest BCUT2D eigenvalue weighted by molar-refractivity contribution is 0.628. The van der Waals surface area contributed by atoms with Crippen LogP contribution in [0.15, 0.2) is 30.3 Å². The number of halogens is 2. The Labute approximate surface area is 144 Å². The first-order valence-electron chi connectivity index (χ1n) is 8.29. The van der Waals surface area contributed by atoms with Crippen molar-refractivity contribution in [3.05, 3.63) is 57.9 Å². The van der Waals surface area contributed by atoms with Crippen LogP contribution in [0.2, 0.25) is 5.02 Å². The Morgan fingerprint density at radius 2 is 1.87 bits per heavy atom. The van der Waals surface area contributed by atoms with Gasteiger partial charge in [-0.3, -0.25) is 0 Å². The molecule has 23 heavy (non-hydrogen) atoms. The Balaban J connectivity index is 0.00000127. The van der Waals surface area contributed by atoms with Gasteiger partial charge in [0.25, 0.3) is 0 Å². The van der Waals surface area contributed by atoms with Crippen molar-refractivity contribution in [1.29, 1.82) is 0 Å². The van der Waals surface area contributed by atoms with Crippen LogP contribution in [0.5, 0.6) is 0 Å². The van der Waals surface area contributed by atoms with Gasteiger partial charge in [0.1, 0.15) is 5.82 Å². The van der Waals surface area contributed by atoms with Crippen molar-refractivity contribution >= 4 is 11.6 Å². The molecule has 0 spiro atoms. The van der Waals surface area contributed by atoms with E-state index < -0.39 is 0 Å². The molecule has 0 radical (unpaired) electrons. The van der Waals surface area contributed by atoms with Crippen LogP contribution in [-0.4, -0.2) is 0 Å². The smallest absolute Gasteiger partial charge is 0.123 e. The van der Waals surface area contributed by atoms with E-state index in [0.29, 0.717) is 0 Å². The summed E-state index contributed by atoms with van der Waals surface area (Å²) in [6.45, 7) is 10.1. The monoisotopic (exact) mass is 335 g/mol. The number of rotatable bonds is 4. The van der Waals surface area contributed by atoms with Crippen molar-refractivity contribution in [2.24, 2.45) is 5.73 Å². The third-order valence-electron chi connectivity index (χ3n) is 3.79. The van der Waals surface area contributed by atoms with Crippen LogP contribution >= 0.6 is 11.6 Å². The highest BCUT2D eigenvalue weighted by Crippen LogP contribution is 2.37. The van der Waals surface area contributed by atoms with Gasteiger partial charge < -0.3 is 5.73 Å². The van der Waals surface area contributed by atoms with Crippen molar-refractivity contribution < 1.29 is 4.39 Å². The second-order valence-corrected chi connectivity index (χ2v) is 5.88. The normalized spacial score (nSPS) is 11.7. The Hall–Kier alpha value is -1.38. The molecule has 2 rings (SSSR count). The molecule has 2 aromatic carbocycles. The molecular formula is C20H27ClFN. The molecule has 0 aromatic heterocycles. The summed E-state index contributed by atoms with van der Waals surface area (Å²) in [6.07, 6.45) is 1.90. The topological polar surface area (TPSA) is 26.0 Å². The fourth-order valence-corrected chi connectivity index (χ4v) is 2.96. The summed E-state index contributed by atoms with van der Waals surface area (Å²) in [5, 5.41) is 0.728. The zero-order valence-electron chi connectivity index (χ0n) is 14.7. The van der Waals surface area contributed by atoms with Crippen molar-refractivity contribution in [2.45, 2.75) is 53.5 Å². The number of hydrogen-bond acceptors (Lipinski definition) is 1. The van der Waals surface area contributed by atoms with Crippen molar-refractivity contribution in [1.82, 2.24) is 0 Å². The zero-order chi connectivity index (χ0) is 17.6. The van der Waals surface area contributed by atoms with E-state index in [9.17, 15) is 4.39 Å². The molecule has 1 nitrogen and oxygen atoms in total. The first kappa shape index (κ1) is 19.7. The van der Waals surface area contributed by atoms with Gasteiger partial charge in [0.2, 0.25) is 0 Å². The van der Waals surface area contributed by atoms with Gasteiger partial charge in [0, 0.05) is 11.1 Å². The van der Waals surface area contributed by atoms with E-state index in [1.54, 1.807) is 12.1 Å². The van der Waals surface area contributed by atoms with Gasteiger partial charge in [0.15, 0.2) is 0 Å². The Kier molecular flexibility index (Phi) is 7.74. The summed E-state index contributed by atoms with van der Waals surface area (Å²) in [4.78, 5) is 0. The Bertz CT molecular complexity index is 650. The summed E-state index contributed by atoms with van der Waals surface area (Å²) < 4.78 is 13.6. The molecule has 0 aliphatic rings. The number of hydrogen-bond donors (Lipinski definition) is 1. The largest absolute Gasteiger partial charge is 0.324 e. The maximum absolute atomic E-state index is 13.6. The third kappa shape index (κ3) is 4.55. The van der Waals surface area contributed by atoms with E-state index in [0.717, 1.165) is 40.1 Å². The van der Waals surface area contributed by atoms with Gasteiger partial charge in [-0.15, -0.1) is 0 Å². The van der Waals surface area contributed by atoms with Gasteiger partial charge in [-0.2, -0.15) is 0 Å². The molecule has 0 aliphatic heterocycles.